The standard InChI is InChI=1S/C13H19ClFN/c1-3-4-7-11(16-2)9-10-6-5-8-12(15)13(10)14/h5-6,8,11,16H,3-4,7,9H2,1-2H3. The lowest BCUT2D eigenvalue weighted by atomic mass is 10.0. The summed E-state index contributed by atoms with van der Waals surface area (Å²) in [5, 5.41) is 3.51. The molecule has 0 aliphatic rings. The highest BCUT2D eigenvalue weighted by molar-refractivity contribution is 6.31. The zero-order valence-electron chi connectivity index (χ0n) is 9.89. The molecule has 1 nitrogen and oxygen atoms in total. The first-order valence-corrected chi connectivity index (χ1v) is 6.17. The van der Waals surface area contributed by atoms with Crippen LogP contribution >= 0.6 is 11.6 Å². The van der Waals surface area contributed by atoms with E-state index in [2.05, 4.69) is 12.2 Å². The van der Waals surface area contributed by atoms with E-state index in [1.807, 2.05) is 13.1 Å². The number of hydrogen-bond donors (Lipinski definition) is 1. The van der Waals surface area contributed by atoms with Gasteiger partial charge in [-0.25, -0.2) is 4.39 Å². The quantitative estimate of drug-likeness (QED) is 0.802. The summed E-state index contributed by atoms with van der Waals surface area (Å²) in [6.45, 7) is 2.17. The molecule has 0 heterocycles. The molecule has 0 radical (unpaired) electrons. The van der Waals surface area contributed by atoms with Gasteiger partial charge in [-0.2, -0.15) is 0 Å². The smallest absolute Gasteiger partial charge is 0.142 e. The fourth-order valence-corrected chi connectivity index (χ4v) is 1.97. The molecule has 1 aromatic carbocycles. The summed E-state index contributed by atoms with van der Waals surface area (Å²) in [7, 11) is 1.94. The van der Waals surface area contributed by atoms with Gasteiger partial charge in [0.1, 0.15) is 5.82 Å². The minimum atomic E-state index is -0.329. The summed E-state index contributed by atoms with van der Waals surface area (Å²) in [5.41, 5.74) is 0.886. The molecule has 0 aliphatic heterocycles. The van der Waals surface area contributed by atoms with Crippen LogP contribution in [-0.2, 0) is 6.42 Å². The normalized spacial score (nSPS) is 12.8. The van der Waals surface area contributed by atoms with Crippen molar-refractivity contribution in [3.05, 3.63) is 34.6 Å². The first-order valence-electron chi connectivity index (χ1n) is 5.79. The van der Waals surface area contributed by atoms with E-state index in [0.29, 0.717) is 6.04 Å². The zero-order valence-corrected chi connectivity index (χ0v) is 10.6. The number of rotatable bonds is 6. The van der Waals surface area contributed by atoms with Crippen LogP contribution in [-0.4, -0.2) is 13.1 Å². The van der Waals surface area contributed by atoms with E-state index in [0.717, 1.165) is 18.4 Å². The van der Waals surface area contributed by atoms with E-state index in [1.54, 1.807) is 6.07 Å². The second-order valence-corrected chi connectivity index (χ2v) is 4.42. The average molecular weight is 244 g/mol. The lowest BCUT2D eigenvalue weighted by Crippen LogP contribution is -2.27. The second kappa shape index (κ2) is 6.87. The van der Waals surface area contributed by atoms with Gasteiger partial charge in [0.15, 0.2) is 0 Å². The van der Waals surface area contributed by atoms with Crippen molar-refractivity contribution in [1.82, 2.24) is 5.32 Å². The molecule has 3 heteroatoms. The Morgan fingerprint density at radius 3 is 2.81 bits per heavy atom. The molecular weight excluding hydrogens is 225 g/mol. The summed E-state index contributed by atoms with van der Waals surface area (Å²) in [6, 6.07) is 5.37. The molecule has 0 amide bonds. The van der Waals surface area contributed by atoms with Gasteiger partial charge >= 0.3 is 0 Å². The molecule has 1 rings (SSSR count). The van der Waals surface area contributed by atoms with E-state index in [-0.39, 0.29) is 10.8 Å². The molecule has 1 atom stereocenters. The minimum absolute atomic E-state index is 0.263. The van der Waals surface area contributed by atoms with Crippen molar-refractivity contribution in [3.8, 4) is 0 Å². The Hall–Kier alpha value is -0.600. The molecule has 1 N–H and O–H groups in total. The molecule has 0 bridgehead atoms. The molecule has 0 aliphatic carbocycles. The van der Waals surface area contributed by atoms with Gasteiger partial charge < -0.3 is 5.32 Å². The minimum Gasteiger partial charge on any atom is -0.317 e. The van der Waals surface area contributed by atoms with Crippen LogP contribution in [0.3, 0.4) is 0 Å². The van der Waals surface area contributed by atoms with Crippen LogP contribution in [0.1, 0.15) is 31.7 Å². The van der Waals surface area contributed by atoms with Crippen LogP contribution in [0, 0.1) is 5.82 Å². The van der Waals surface area contributed by atoms with Gasteiger partial charge in [0.2, 0.25) is 0 Å². The topological polar surface area (TPSA) is 12.0 Å². The third-order valence-corrected chi connectivity index (χ3v) is 3.24. The van der Waals surface area contributed by atoms with Crippen molar-refractivity contribution >= 4 is 11.6 Å². The fourth-order valence-electron chi connectivity index (χ4n) is 1.77. The monoisotopic (exact) mass is 243 g/mol. The molecular formula is C13H19ClFN. The number of benzene rings is 1. The number of nitrogens with one attached hydrogen (secondary N) is 1. The summed E-state index contributed by atoms with van der Waals surface area (Å²) in [6.07, 6.45) is 4.24. The maximum absolute atomic E-state index is 13.2. The van der Waals surface area contributed by atoms with Gasteiger partial charge in [0.25, 0.3) is 0 Å². The van der Waals surface area contributed by atoms with Gasteiger partial charge in [-0.3, -0.25) is 0 Å². The fraction of sp³-hybridized carbons (Fsp3) is 0.538. The summed E-state index contributed by atoms with van der Waals surface area (Å²) < 4.78 is 13.2. The molecule has 0 spiro atoms. The largest absolute Gasteiger partial charge is 0.317 e. The zero-order chi connectivity index (χ0) is 12.0. The number of likely N-dealkylation sites (N-methyl/N-ethyl adjacent to an activating group) is 1. The Labute approximate surface area is 102 Å². The second-order valence-electron chi connectivity index (χ2n) is 4.04. The van der Waals surface area contributed by atoms with E-state index >= 15 is 0 Å². The van der Waals surface area contributed by atoms with E-state index < -0.39 is 0 Å². The molecule has 1 unspecified atom stereocenters. The first-order chi connectivity index (χ1) is 7.69. The maximum Gasteiger partial charge on any atom is 0.142 e. The predicted molar refractivity (Wildman–Crippen MR) is 67.5 cm³/mol. The summed E-state index contributed by atoms with van der Waals surface area (Å²) in [5.74, 6) is -0.329. The first kappa shape index (κ1) is 13.5. The molecule has 16 heavy (non-hydrogen) atoms. The Balaban J connectivity index is 2.66. The third kappa shape index (κ3) is 3.76. The van der Waals surface area contributed by atoms with E-state index in [1.165, 1.54) is 18.9 Å². The Morgan fingerprint density at radius 2 is 2.19 bits per heavy atom. The number of halogens is 2. The van der Waals surface area contributed by atoms with E-state index in [9.17, 15) is 4.39 Å². The van der Waals surface area contributed by atoms with Crippen molar-refractivity contribution in [2.75, 3.05) is 7.05 Å². The molecule has 90 valence electrons. The van der Waals surface area contributed by atoms with Crippen molar-refractivity contribution in [2.45, 2.75) is 38.6 Å². The Bertz CT molecular complexity index is 328. The van der Waals surface area contributed by atoms with Crippen molar-refractivity contribution in [2.24, 2.45) is 0 Å². The van der Waals surface area contributed by atoms with Gasteiger partial charge in [0.05, 0.1) is 5.02 Å². The van der Waals surface area contributed by atoms with Gasteiger partial charge in [-0.15, -0.1) is 0 Å². The third-order valence-electron chi connectivity index (χ3n) is 2.81. The maximum atomic E-state index is 13.2. The number of hydrogen-bond acceptors (Lipinski definition) is 1. The van der Waals surface area contributed by atoms with Crippen LogP contribution in [0.15, 0.2) is 18.2 Å². The molecule has 0 aromatic heterocycles. The van der Waals surface area contributed by atoms with Gasteiger partial charge in [-0.1, -0.05) is 43.5 Å². The summed E-state index contributed by atoms with van der Waals surface area (Å²) >= 11 is 5.93. The molecule has 1 aromatic rings. The lowest BCUT2D eigenvalue weighted by molar-refractivity contribution is 0.497. The highest BCUT2D eigenvalue weighted by atomic mass is 35.5. The summed E-state index contributed by atoms with van der Waals surface area (Å²) in [4.78, 5) is 0. The van der Waals surface area contributed by atoms with Crippen LogP contribution < -0.4 is 5.32 Å². The highest BCUT2D eigenvalue weighted by Crippen LogP contribution is 2.21. The SMILES string of the molecule is CCCCC(Cc1cccc(F)c1Cl)NC. The molecule has 0 saturated heterocycles. The van der Waals surface area contributed by atoms with Gasteiger partial charge in [-0.05, 0) is 31.5 Å². The average Bonchev–Trinajstić information content (AvgIpc) is 2.30. The molecule has 0 fully saturated rings. The Kier molecular flexibility index (Phi) is 5.78. The van der Waals surface area contributed by atoms with Crippen LogP contribution in [0.4, 0.5) is 4.39 Å². The van der Waals surface area contributed by atoms with Crippen molar-refractivity contribution < 1.29 is 4.39 Å². The van der Waals surface area contributed by atoms with Gasteiger partial charge in [0, 0.05) is 6.04 Å². The number of unbranched alkanes of at least 4 members (excludes halogenated alkanes) is 1. The van der Waals surface area contributed by atoms with Crippen LogP contribution in [0.2, 0.25) is 5.02 Å². The highest BCUT2D eigenvalue weighted by Gasteiger charge is 2.11. The molecule has 0 saturated carbocycles. The Morgan fingerprint density at radius 1 is 1.44 bits per heavy atom. The van der Waals surface area contributed by atoms with E-state index in [4.69, 9.17) is 11.6 Å². The van der Waals surface area contributed by atoms with Crippen LogP contribution in [0.5, 0.6) is 0 Å². The van der Waals surface area contributed by atoms with Crippen LogP contribution in [0.25, 0.3) is 0 Å². The van der Waals surface area contributed by atoms with Crippen molar-refractivity contribution in [1.29, 1.82) is 0 Å². The predicted octanol–water partition coefficient (Wildman–Crippen LogP) is 3.80. The van der Waals surface area contributed by atoms with Crippen molar-refractivity contribution in [3.63, 3.8) is 0 Å². The lowest BCUT2D eigenvalue weighted by Gasteiger charge is -2.16.